The molecule has 1 amide bonds. The quantitative estimate of drug-likeness (QED) is 0.417. The average Bonchev–Trinajstić information content (AvgIpc) is 2.96. The number of benzene rings is 1. The fourth-order valence-corrected chi connectivity index (χ4v) is 4.31. The molecule has 0 aliphatic carbocycles. The molecule has 1 spiro atoms. The van der Waals surface area contributed by atoms with E-state index < -0.39 is 17.6 Å². The van der Waals surface area contributed by atoms with Crippen LogP contribution in [0.25, 0.3) is 5.57 Å². The van der Waals surface area contributed by atoms with Gasteiger partial charge in [-0.3, -0.25) is 4.79 Å². The third-order valence-corrected chi connectivity index (χ3v) is 5.95. The van der Waals surface area contributed by atoms with Crippen LogP contribution < -0.4 is 0 Å². The lowest BCUT2D eigenvalue weighted by atomic mass is 9.85. The van der Waals surface area contributed by atoms with Gasteiger partial charge in [0.15, 0.2) is 12.6 Å². The molecule has 1 saturated heterocycles. The molecule has 9 nitrogen and oxygen atoms in total. The maximum atomic E-state index is 13.6. The van der Waals surface area contributed by atoms with Gasteiger partial charge >= 0.3 is 6.16 Å². The Morgan fingerprint density at radius 3 is 2.55 bits per heavy atom. The van der Waals surface area contributed by atoms with Gasteiger partial charge in [-0.05, 0) is 49.9 Å². The summed E-state index contributed by atoms with van der Waals surface area (Å²) in [6.07, 6.45) is 0.000908. The maximum absolute atomic E-state index is 13.6. The zero-order chi connectivity index (χ0) is 22.6. The Balaban J connectivity index is 2.17. The van der Waals surface area contributed by atoms with Crippen molar-refractivity contribution in [1.82, 2.24) is 10.1 Å². The fourth-order valence-electron chi connectivity index (χ4n) is 3.95. The first-order valence-electron chi connectivity index (χ1n) is 9.99. The van der Waals surface area contributed by atoms with Gasteiger partial charge in [-0.1, -0.05) is 22.0 Å². The lowest BCUT2D eigenvalue weighted by Crippen LogP contribution is -2.55. The number of carbonyl (C=O) groups excluding carboxylic acids is 2. The van der Waals surface area contributed by atoms with Gasteiger partial charge in [-0.25, -0.2) is 14.7 Å². The Kier molecular flexibility index (Phi) is 7.71. The van der Waals surface area contributed by atoms with Crippen LogP contribution in [0.2, 0.25) is 0 Å². The van der Waals surface area contributed by atoms with E-state index in [2.05, 4.69) is 15.9 Å². The molecule has 3 rings (SSSR count). The summed E-state index contributed by atoms with van der Waals surface area (Å²) in [6, 6.07) is 5.60. The van der Waals surface area contributed by atoms with Crippen LogP contribution in [0.5, 0.6) is 0 Å². The molecular weight excluding hydrogens is 472 g/mol. The lowest BCUT2D eigenvalue weighted by Gasteiger charge is -2.43. The second-order valence-electron chi connectivity index (χ2n) is 7.23. The van der Waals surface area contributed by atoms with Crippen molar-refractivity contribution >= 4 is 33.6 Å². The highest BCUT2D eigenvalue weighted by molar-refractivity contribution is 9.10. The van der Waals surface area contributed by atoms with Crippen molar-refractivity contribution in [2.24, 2.45) is 0 Å². The number of hydrogen-bond donors (Lipinski definition) is 0. The van der Waals surface area contributed by atoms with E-state index >= 15 is 0 Å². The Labute approximate surface area is 189 Å². The largest absolute Gasteiger partial charge is 0.513 e. The summed E-state index contributed by atoms with van der Waals surface area (Å²) >= 11 is 3.47. The summed E-state index contributed by atoms with van der Waals surface area (Å²) < 4.78 is 16.6. The molecule has 10 heteroatoms. The number of nitrogens with zero attached hydrogens (tertiary/aromatic N) is 2. The number of carbonyl (C=O) groups is 2. The third-order valence-electron chi connectivity index (χ3n) is 5.46. The van der Waals surface area contributed by atoms with Crippen molar-refractivity contribution in [3.63, 3.8) is 0 Å². The molecule has 2 aliphatic rings. The van der Waals surface area contributed by atoms with E-state index in [1.165, 1.54) is 12.2 Å². The summed E-state index contributed by atoms with van der Waals surface area (Å²) in [5, 5.41) is 3.07. The summed E-state index contributed by atoms with van der Waals surface area (Å²) in [7, 11) is 3.07. The van der Waals surface area contributed by atoms with Gasteiger partial charge in [0.25, 0.3) is 5.91 Å². The van der Waals surface area contributed by atoms with Crippen LogP contribution in [0.3, 0.4) is 0 Å². The smallest absolute Gasteiger partial charge is 0.434 e. The molecule has 0 saturated carbocycles. The van der Waals surface area contributed by atoms with Gasteiger partial charge in [-0.15, -0.1) is 0 Å². The van der Waals surface area contributed by atoms with Crippen molar-refractivity contribution < 1.29 is 33.5 Å². The van der Waals surface area contributed by atoms with E-state index in [0.29, 0.717) is 31.5 Å². The third kappa shape index (κ3) is 4.63. The number of halogens is 1. The summed E-state index contributed by atoms with van der Waals surface area (Å²) in [4.78, 5) is 37.1. The van der Waals surface area contributed by atoms with Crippen LogP contribution in [-0.4, -0.2) is 68.4 Å². The van der Waals surface area contributed by atoms with Crippen LogP contribution >= 0.6 is 15.9 Å². The van der Waals surface area contributed by atoms with Gasteiger partial charge in [-0.2, -0.15) is 5.06 Å². The highest BCUT2D eigenvalue weighted by Crippen LogP contribution is 2.48. The molecule has 1 aromatic rings. The first-order valence-corrected chi connectivity index (χ1v) is 10.8. The Bertz CT molecular complexity index is 865. The normalized spacial score (nSPS) is 18.7. The highest BCUT2D eigenvalue weighted by atomic mass is 79.9. The maximum Gasteiger partial charge on any atom is 0.513 e. The Morgan fingerprint density at radius 1 is 1.23 bits per heavy atom. The monoisotopic (exact) mass is 498 g/mol. The van der Waals surface area contributed by atoms with Gasteiger partial charge in [0.05, 0.1) is 19.3 Å². The minimum absolute atomic E-state index is 0.126. The van der Waals surface area contributed by atoms with Crippen molar-refractivity contribution in [2.75, 3.05) is 40.7 Å². The summed E-state index contributed by atoms with van der Waals surface area (Å²) in [5.41, 5.74) is 0.778. The lowest BCUT2D eigenvalue weighted by molar-refractivity contribution is -0.260. The van der Waals surface area contributed by atoms with E-state index in [1.54, 1.807) is 19.1 Å². The zero-order valence-electron chi connectivity index (χ0n) is 18.1. The second-order valence-corrected chi connectivity index (χ2v) is 8.14. The van der Waals surface area contributed by atoms with E-state index in [9.17, 15) is 9.59 Å². The topological polar surface area (TPSA) is 86.8 Å². The number of hydrogen-bond acceptors (Lipinski definition) is 8. The highest BCUT2D eigenvalue weighted by Gasteiger charge is 2.57. The van der Waals surface area contributed by atoms with E-state index in [4.69, 9.17) is 23.9 Å². The van der Waals surface area contributed by atoms with Gasteiger partial charge in [0, 0.05) is 24.7 Å². The number of piperidine rings is 1. The van der Waals surface area contributed by atoms with E-state index in [-0.39, 0.29) is 24.7 Å². The average molecular weight is 499 g/mol. The predicted molar refractivity (Wildman–Crippen MR) is 114 cm³/mol. The molecular formula is C21H27BrN2O7. The molecule has 1 fully saturated rings. The van der Waals surface area contributed by atoms with Gasteiger partial charge < -0.3 is 19.0 Å². The molecule has 0 N–H and O–H groups in total. The molecule has 2 heterocycles. The summed E-state index contributed by atoms with van der Waals surface area (Å²) in [5.74, 6) is -0.174. The molecule has 1 aromatic carbocycles. The zero-order valence-corrected chi connectivity index (χ0v) is 19.7. The minimum atomic E-state index is -0.999. The standard InChI is InChI=1S/C21H27BrN2O7/c1-5-29-20(26)31-18-17(16-12-15(22)7-6-14(16)2)19(25)24(30-13-27-3)21(18)8-10-23(28-4)11-9-21/h6-7,12H,5,8-11,13H2,1-4H3. The van der Waals surface area contributed by atoms with Crippen molar-refractivity contribution in [2.45, 2.75) is 32.2 Å². The van der Waals surface area contributed by atoms with Crippen LogP contribution in [0.15, 0.2) is 28.4 Å². The number of amides is 1. The number of methoxy groups -OCH3 is 1. The van der Waals surface area contributed by atoms with Crippen LogP contribution in [0.4, 0.5) is 4.79 Å². The Morgan fingerprint density at radius 2 is 1.94 bits per heavy atom. The van der Waals surface area contributed by atoms with Crippen molar-refractivity contribution in [3.8, 4) is 0 Å². The molecule has 0 unspecified atom stereocenters. The number of aryl methyl sites for hydroxylation is 1. The van der Waals surface area contributed by atoms with E-state index in [1.807, 2.05) is 25.1 Å². The van der Waals surface area contributed by atoms with E-state index in [0.717, 1.165) is 10.0 Å². The van der Waals surface area contributed by atoms with Crippen LogP contribution in [0.1, 0.15) is 30.9 Å². The van der Waals surface area contributed by atoms with Crippen molar-refractivity contribution in [3.05, 3.63) is 39.6 Å². The fraction of sp³-hybridized carbons (Fsp3) is 0.524. The van der Waals surface area contributed by atoms with Gasteiger partial charge in [0.2, 0.25) is 0 Å². The first kappa shape index (κ1) is 23.7. The molecule has 0 atom stereocenters. The molecule has 2 aliphatic heterocycles. The number of rotatable bonds is 7. The molecule has 0 radical (unpaired) electrons. The Hall–Kier alpha value is -1.98. The van der Waals surface area contributed by atoms with Gasteiger partial charge in [0.1, 0.15) is 5.54 Å². The van der Waals surface area contributed by atoms with Crippen LogP contribution in [0, 0.1) is 6.92 Å². The SMILES string of the molecule is CCOC(=O)OC1=C(c2cc(Br)ccc2C)C(=O)N(OCOC)C12CCN(OC)CC2. The minimum Gasteiger partial charge on any atom is -0.434 e. The summed E-state index contributed by atoms with van der Waals surface area (Å²) in [6.45, 7) is 4.63. The van der Waals surface area contributed by atoms with Crippen molar-refractivity contribution in [1.29, 1.82) is 0 Å². The second kappa shape index (κ2) is 10.1. The molecule has 31 heavy (non-hydrogen) atoms. The molecule has 170 valence electrons. The predicted octanol–water partition coefficient (Wildman–Crippen LogP) is 3.42. The molecule has 0 bridgehead atoms. The number of ether oxygens (including phenoxy) is 3. The first-order chi connectivity index (χ1) is 14.9. The van der Waals surface area contributed by atoms with Crippen LogP contribution in [-0.2, 0) is 28.7 Å². The number of hydroxylamine groups is 4. The molecule has 0 aromatic heterocycles.